The minimum atomic E-state index is -1.95. The molecule has 4 saturated heterocycles. The van der Waals surface area contributed by atoms with Crippen molar-refractivity contribution in [1.29, 1.82) is 0 Å². The zero-order valence-corrected chi connectivity index (χ0v) is 22.0. The fraction of sp³-hybridized carbons (Fsp3) is 0.955. The van der Waals surface area contributed by atoms with E-state index in [1.807, 2.05) is 0 Å². The van der Waals surface area contributed by atoms with Crippen LogP contribution in [0.1, 0.15) is 0 Å². The monoisotopic (exact) mass is 620 g/mol. The first-order valence-electron chi connectivity index (χ1n) is 12.9. The molecule has 0 radical (unpaired) electrons. The Bertz CT molecular complexity index is 881. The van der Waals surface area contributed by atoms with Crippen LogP contribution in [0.15, 0.2) is 0 Å². The van der Waals surface area contributed by atoms with Crippen molar-refractivity contribution in [1.82, 2.24) is 0 Å². The van der Waals surface area contributed by atoms with Gasteiger partial charge in [-0.1, -0.05) is 0 Å². The van der Waals surface area contributed by atoms with Gasteiger partial charge in [-0.15, -0.1) is 0 Å². The van der Waals surface area contributed by atoms with Gasteiger partial charge in [0, 0.05) is 0 Å². The van der Waals surface area contributed by atoms with Gasteiger partial charge in [0.1, 0.15) is 67.1 Å². The summed E-state index contributed by atoms with van der Waals surface area (Å²) in [6.07, 6.45) is -28.7. The third-order valence-electron chi connectivity index (χ3n) is 7.22. The average Bonchev–Trinajstić information content (AvgIpc) is 2.95. The second-order valence-corrected chi connectivity index (χ2v) is 10.1. The molecule has 4 heterocycles. The van der Waals surface area contributed by atoms with Crippen molar-refractivity contribution in [2.45, 2.75) is 105 Å². The Hall–Kier alpha value is -1.25. The van der Waals surface area contributed by atoms with Crippen LogP contribution in [0.3, 0.4) is 0 Å². The Labute approximate surface area is 236 Å². The zero-order valence-electron chi connectivity index (χ0n) is 22.0. The molecule has 4 fully saturated rings. The summed E-state index contributed by atoms with van der Waals surface area (Å²) < 4.78 is 37.5. The summed E-state index contributed by atoms with van der Waals surface area (Å²) in [7, 11) is 1.04. The lowest BCUT2D eigenvalue weighted by Crippen LogP contribution is -2.65. The van der Waals surface area contributed by atoms with Crippen molar-refractivity contribution in [3.8, 4) is 0 Å². The predicted molar refractivity (Wildman–Crippen MR) is 122 cm³/mol. The molecule has 0 spiro atoms. The van der Waals surface area contributed by atoms with Crippen molar-refractivity contribution < 1.29 is 98.8 Å². The standard InChI is InChI=1S/C22H36O20/c1-34-42-15-11(27)14(30)21(41-17(15)18(31)32)40-16-8(24)5(23)2-36-22(16)39-7-4-37-20(13(29)10(7)26)38-6-3-35-19(33)12(28)9(6)25/h5-17,19-30,33H,2-4H2,1H3,(H,31,32)/t5-,6-,7-,8+,9+,10+,11-,12-,13-,14-,15+,16-,17+,19-,20+,21+,22+/m1/s1. The molecule has 0 unspecified atom stereocenters. The summed E-state index contributed by atoms with van der Waals surface area (Å²) in [5.74, 6) is -1.61. The summed E-state index contributed by atoms with van der Waals surface area (Å²) >= 11 is 0. The number of carboxylic acids is 1. The van der Waals surface area contributed by atoms with Crippen molar-refractivity contribution in [2.24, 2.45) is 0 Å². The van der Waals surface area contributed by atoms with Crippen LogP contribution >= 0.6 is 0 Å². The molecular formula is C22H36O20. The SMILES string of the molecule is COO[C@H]1[C@H](O)[C@@H](O)[C@@H](O[C@H]2[C@H](O[C@@H]3CO[C@@H](O[C@@H]4CO[C@@H](O)[C@H](O)[C@H]4O)[C@H](O)[C@H]3O)OC[C@@H](O)[C@@H]2O)O[C@@H]1C(=O)O. The van der Waals surface area contributed by atoms with Crippen LogP contribution in [-0.4, -0.2) is 188 Å². The molecule has 4 aliphatic rings. The highest BCUT2D eigenvalue weighted by molar-refractivity contribution is 5.73. The minimum Gasteiger partial charge on any atom is -0.479 e. The number of ether oxygens (including phenoxy) is 7. The molecule has 0 aromatic rings. The maximum absolute atomic E-state index is 11.7. The van der Waals surface area contributed by atoms with E-state index < -0.39 is 124 Å². The van der Waals surface area contributed by atoms with Gasteiger partial charge in [-0.25, -0.2) is 14.6 Å². The molecule has 20 nitrogen and oxygen atoms in total. The molecule has 0 saturated carbocycles. The smallest absolute Gasteiger partial charge is 0.335 e. The number of rotatable bonds is 9. The molecule has 42 heavy (non-hydrogen) atoms. The second kappa shape index (κ2) is 14.2. The van der Waals surface area contributed by atoms with Gasteiger partial charge in [0.15, 0.2) is 37.4 Å². The summed E-state index contributed by atoms with van der Waals surface area (Å²) in [4.78, 5) is 20.8. The lowest BCUT2D eigenvalue weighted by molar-refractivity contribution is -0.399. The van der Waals surface area contributed by atoms with E-state index in [9.17, 15) is 55.9 Å². The van der Waals surface area contributed by atoms with Gasteiger partial charge in [0.25, 0.3) is 0 Å². The highest BCUT2D eigenvalue weighted by Crippen LogP contribution is 2.31. The Kier molecular flexibility index (Phi) is 11.4. The van der Waals surface area contributed by atoms with E-state index >= 15 is 0 Å². The van der Waals surface area contributed by atoms with Crippen molar-refractivity contribution in [3.05, 3.63) is 0 Å². The fourth-order valence-corrected chi connectivity index (χ4v) is 4.80. The molecule has 0 aromatic heterocycles. The predicted octanol–water partition coefficient (Wildman–Crippen LogP) is -7.15. The van der Waals surface area contributed by atoms with Gasteiger partial charge in [-0.2, -0.15) is 0 Å². The number of aliphatic carboxylic acids is 1. The number of aliphatic hydroxyl groups is 9. The van der Waals surface area contributed by atoms with Crippen molar-refractivity contribution >= 4 is 5.97 Å². The zero-order chi connectivity index (χ0) is 30.9. The second-order valence-electron chi connectivity index (χ2n) is 10.1. The maximum Gasteiger partial charge on any atom is 0.335 e. The number of carboxylic acid groups (broad SMARTS) is 1. The molecule has 17 atom stereocenters. The summed E-state index contributed by atoms with van der Waals surface area (Å²) in [5, 5.41) is 102. The molecule has 0 amide bonds. The maximum atomic E-state index is 11.7. The third kappa shape index (κ3) is 7.01. The first kappa shape index (κ1) is 33.6. The van der Waals surface area contributed by atoms with Crippen LogP contribution in [0.25, 0.3) is 0 Å². The van der Waals surface area contributed by atoms with Gasteiger partial charge in [-0.05, 0) is 0 Å². The van der Waals surface area contributed by atoms with E-state index in [0.717, 1.165) is 7.11 Å². The van der Waals surface area contributed by atoms with Gasteiger partial charge in [0.2, 0.25) is 0 Å². The number of aliphatic hydroxyl groups excluding tert-OH is 9. The van der Waals surface area contributed by atoms with Crippen LogP contribution in [0.5, 0.6) is 0 Å². The van der Waals surface area contributed by atoms with E-state index in [4.69, 9.17) is 38.0 Å². The molecule has 0 bridgehead atoms. The van der Waals surface area contributed by atoms with Gasteiger partial charge in [0.05, 0.1) is 26.9 Å². The Morgan fingerprint density at radius 1 is 0.619 bits per heavy atom. The third-order valence-corrected chi connectivity index (χ3v) is 7.22. The average molecular weight is 621 g/mol. The molecule has 20 heteroatoms. The summed E-state index contributed by atoms with van der Waals surface area (Å²) in [6.45, 7) is -1.33. The Balaban J connectivity index is 1.41. The van der Waals surface area contributed by atoms with Gasteiger partial charge >= 0.3 is 5.97 Å². The normalized spacial score (nSPS) is 50.4. The number of carbonyl (C=O) groups is 1. The largest absolute Gasteiger partial charge is 0.479 e. The number of hydrogen-bond donors (Lipinski definition) is 10. The molecule has 244 valence electrons. The fourth-order valence-electron chi connectivity index (χ4n) is 4.80. The number of hydrogen-bond acceptors (Lipinski definition) is 19. The van der Waals surface area contributed by atoms with Gasteiger partial charge in [-0.3, -0.25) is 0 Å². The molecule has 4 aliphatic heterocycles. The highest BCUT2D eigenvalue weighted by atomic mass is 17.2. The lowest BCUT2D eigenvalue weighted by atomic mass is 9.98. The molecule has 4 rings (SSSR count). The first-order valence-corrected chi connectivity index (χ1v) is 12.9. The minimum absolute atomic E-state index is 0.373. The topological polar surface area (TPSA) is 302 Å². The van der Waals surface area contributed by atoms with Crippen molar-refractivity contribution in [2.75, 3.05) is 26.9 Å². The van der Waals surface area contributed by atoms with E-state index in [2.05, 4.69) is 4.89 Å². The summed E-state index contributed by atoms with van der Waals surface area (Å²) in [6, 6.07) is 0. The van der Waals surface area contributed by atoms with Crippen LogP contribution in [0.2, 0.25) is 0 Å². The van der Waals surface area contributed by atoms with E-state index in [-0.39, 0.29) is 6.61 Å². The van der Waals surface area contributed by atoms with Crippen LogP contribution in [0, 0.1) is 0 Å². The molecule has 0 aliphatic carbocycles. The van der Waals surface area contributed by atoms with Crippen LogP contribution in [0.4, 0.5) is 0 Å². The molecule has 0 aromatic carbocycles. The van der Waals surface area contributed by atoms with E-state index in [1.54, 1.807) is 0 Å². The molecular weight excluding hydrogens is 584 g/mol. The van der Waals surface area contributed by atoms with Crippen LogP contribution in [-0.2, 0) is 47.7 Å². The van der Waals surface area contributed by atoms with E-state index in [0.29, 0.717) is 0 Å². The Morgan fingerprint density at radius 3 is 1.83 bits per heavy atom. The molecule has 10 N–H and O–H groups in total. The van der Waals surface area contributed by atoms with Gasteiger partial charge < -0.3 is 84.2 Å². The first-order chi connectivity index (χ1) is 19.8. The Morgan fingerprint density at radius 2 is 1.19 bits per heavy atom. The van der Waals surface area contributed by atoms with Crippen LogP contribution < -0.4 is 0 Å². The lowest BCUT2D eigenvalue weighted by Gasteiger charge is -2.46. The summed E-state index contributed by atoms with van der Waals surface area (Å²) in [5.41, 5.74) is 0. The van der Waals surface area contributed by atoms with Crippen molar-refractivity contribution in [3.63, 3.8) is 0 Å². The highest BCUT2D eigenvalue weighted by Gasteiger charge is 2.53. The quantitative estimate of drug-likeness (QED) is 0.0845. The van der Waals surface area contributed by atoms with E-state index in [1.165, 1.54) is 0 Å².